The molecule has 3 nitrogen and oxygen atoms in total. The maximum absolute atomic E-state index is 8.65. The minimum absolute atomic E-state index is 0.209. The van der Waals surface area contributed by atoms with Crippen molar-refractivity contribution < 1.29 is 5.11 Å². The number of pyridine rings is 1. The van der Waals surface area contributed by atoms with Crippen molar-refractivity contribution in [1.29, 1.82) is 0 Å². The average molecular weight is 166 g/mol. The highest BCUT2D eigenvalue weighted by atomic mass is 16.3. The van der Waals surface area contributed by atoms with E-state index in [1.807, 2.05) is 25.1 Å². The SMILES string of the molecule is C[C@H](CCO)Nc1ccccn1. The van der Waals surface area contributed by atoms with Crippen LogP contribution in [0.5, 0.6) is 0 Å². The summed E-state index contributed by atoms with van der Waals surface area (Å²) in [6, 6.07) is 5.99. The van der Waals surface area contributed by atoms with Crippen LogP contribution in [-0.2, 0) is 0 Å². The zero-order valence-corrected chi connectivity index (χ0v) is 7.20. The molecule has 0 bridgehead atoms. The van der Waals surface area contributed by atoms with Gasteiger partial charge in [0, 0.05) is 18.8 Å². The molecular weight excluding hydrogens is 152 g/mol. The van der Waals surface area contributed by atoms with Crippen LogP contribution in [0, 0.1) is 0 Å². The highest BCUT2D eigenvalue weighted by molar-refractivity contribution is 5.33. The first-order chi connectivity index (χ1) is 5.83. The molecule has 0 radical (unpaired) electrons. The third-order valence-electron chi connectivity index (χ3n) is 1.62. The van der Waals surface area contributed by atoms with Crippen molar-refractivity contribution in [1.82, 2.24) is 4.98 Å². The Balaban J connectivity index is 2.41. The monoisotopic (exact) mass is 166 g/mol. The molecule has 0 aliphatic heterocycles. The van der Waals surface area contributed by atoms with Crippen molar-refractivity contribution in [2.75, 3.05) is 11.9 Å². The molecule has 0 fully saturated rings. The van der Waals surface area contributed by atoms with E-state index in [-0.39, 0.29) is 12.6 Å². The lowest BCUT2D eigenvalue weighted by Gasteiger charge is -2.12. The zero-order valence-electron chi connectivity index (χ0n) is 7.20. The molecule has 3 heteroatoms. The minimum Gasteiger partial charge on any atom is -0.396 e. The number of anilines is 1. The van der Waals surface area contributed by atoms with Gasteiger partial charge in [0.25, 0.3) is 0 Å². The van der Waals surface area contributed by atoms with Crippen LogP contribution >= 0.6 is 0 Å². The number of aliphatic hydroxyl groups is 1. The van der Waals surface area contributed by atoms with E-state index in [9.17, 15) is 0 Å². The topological polar surface area (TPSA) is 45.1 Å². The zero-order chi connectivity index (χ0) is 8.81. The summed E-state index contributed by atoms with van der Waals surface area (Å²) in [5.41, 5.74) is 0. The van der Waals surface area contributed by atoms with E-state index < -0.39 is 0 Å². The van der Waals surface area contributed by atoms with Gasteiger partial charge in [0.2, 0.25) is 0 Å². The van der Waals surface area contributed by atoms with Crippen LogP contribution in [0.25, 0.3) is 0 Å². The quantitative estimate of drug-likeness (QED) is 0.708. The van der Waals surface area contributed by atoms with E-state index in [0.29, 0.717) is 0 Å². The lowest BCUT2D eigenvalue weighted by molar-refractivity contribution is 0.282. The molecule has 0 spiro atoms. The van der Waals surface area contributed by atoms with Crippen LogP contribution in [0.2, 0.25) is 0 Å². The van der Waals surface area contributed by atoms with Gasteiger partial charge in [-0.25, -0.2) is 4.98 Å². The van der Waals surface area contributed by atoms with Gasteiger partial charge in [-0.15, -0.1) is 0 Å². The van der Waals surface area contributed by atoms with E-state index >= 15 is 0 Å². The molecule has 0 amide bonds. The minimum atomic E-state index is 0.209. The van der Waals surface area contributed by atoms with E-state index in [4.69, 9.17) is 5.11 Å². The first kappa shape index (κ1) is 9.00. The van der Waals surface area contributed by atoms with Gasteiger partial charge >= 0.3 is 0 Å². The Bertz CT molecular complexity index is 213. The van der Waals surface area contributed by atoms with Crippen LogP contribution in [0.1, 0.15) is 13.3 Å². The van der Waals surface area contributed by atoms with Gasteiger partial charge in [-0.05, 0) is 25.5 Å². The predicted octanol–water partition coefficient (Wildman–Crippen LogP) is 1.26. The molecule has 66 valence electrons. The summed E-state index contributed by atoms with van der Waals surface area (Å²) in [5, 5.41) is 11.8. The fourth-order valence-corrected chi connectivity index (χ4v) is 0.966. The fraction of sp³-hybridized carbons (Fsp3) is 0.444. The van der Waals surface area contributed by atoms with Crippen LogP contribution in [0.3, 0.4) is 0 Å². The number of hydrogen-bond acceptors (Lipinski definition) is 3. The summed E-state index contributed by atoms with van der Waals surface area (Å²) in [7, 11) is 0. The number of rotatable bonds is 4. The Morgan fingerprint density at radius 1 is 1.58 bits per heavy atom. The molecule has 1 aromatic heterocycles. The number of aromatic nitrogens is 1. The molecule has 1 heterocycles. The molecule has 0 saturated carbocycles. The van der Waals surface area contributed by atoms with E-state index in [0.717, 1.165) is 12.2 Å². The summed E-state index contributed by atoms with van der Waals surface area (Å²) in [6.45, 7) is 2.23. The summed E-state index contributed by atoms with van der Waals surface area (Å²) in [4.78, 5) is 4.11. The van der Waals surface area contributed by atoms with E-state index in [1.54, 1.807) is 6.20 Å². The Morgan fingerprint density at radius 2 is 2.42 bits per heavy atom. The highest BCUT2D eigenvalue weighted by Crippen LogP contribution is 2.03. The van der Waals surface area contributed by atoms with Crippen LogP contribution in [0.4, 0.5) is 5.82 Å². The Labute approximate surface area is 72.5 Å². The van der Waals surface area contributed by atoms with Crippen molar-refractivity contribution in [3.8, 4) is 0 Å². The van der Waals surface area contributed by atoms with Crippen molar-refractivity contribution in [3.05, 3.63) is 24.4 Å². The van der Waals surface area contributed by atoms with Gasteiger partial charge in [0.05, 0.1) is 0 Å². The van der Waals surface area contributed by atoms with Crippen LogP contribution < -0.4 is 5.32 Å². The van der Waals surface area contributed by atoms with Gasteiger partial charge in [0.1, 0.15) is 5.82 Å². The molecule has 12 heavy (non-hydrogen) atoms. The third kappa shape index (κ3) is 2.88. The third-order valence-corrected chi connectivity index (χ3v) is 1.62. The van der Waals surface area contributed by atoms with E-state index in [1.165, 1.54) is 0 Å². The highest BCUT2D eigenvalue weighted by Gasteiger charge is 1.99. The first-order valence-corrected chi connectivity index (χ1v) is 4.11. The predicted molar refractivity (Wildman–Crippen MR) is 49.0 cm³/mol. The Morgan fingerprint density at radius 3 is 3.00 bits per heavy atom. The first-order valence-electron chi connectivity index (χ1n) is 4.11. The molecular formula is C9H14N2O. The molecule has 2 N–H and O–H groups in total. The molecule has 0 aliphatic rings. The number of nitrogens with zero attached hydrogens (tertiary/aromatic N) is 1. The molecule has 0 aromatic carbocycles. The second kappa shape index (κ2) is 4.72. The van der Waals surface area contributed by atoms with Crippen LogP contribution in [0.15, 0.2) is 24.4 Å². The fourth-order valence-electron chi connectivity index (χ4n) is 0.966. The Kier molecular flexibility index (Phi) is 3.54. The van der Waals surface area contributed by atoms with Crippen molar-refractivity contribution in [2.45, 2.75) is 19.4 Å². The van der Waals surface area contributed by atoms with Gasteiger partial charge in [-0.2, -0.15) is 0 Å². The Hall–Kier alpha value is -1.09. The maximum atomic E-state index is 8.65. The van der Waals surface area contributed by atoms with Gasteiger partial charge in [-0.1, -0.05) is 6.07 Å². The molecule has 1 rings (SSSR count). The lowest BCUT2D eigenvalue weighted by atomic mass is 10.2. The standard InChI is InChI=1S/C9H14N2O/c1-8(5-7-12)11-9-4-2-3-6-10-9/h2-4,6,8,12H,5,7H2,1H3,(H,10,11)/t8-/m1/s1. The second-order valence-electron chi connectivity index (χ2n) is 2.77. The molecule has 1 atom stereocenters. The van der Waals surface area contributed by atoms with Crippen molar-refractivity contribution in [3.63, 3.8) is 0 Å². The smallest absolute Gasteiger partial charge is 0.126 e. The maximum Gasteiger partial charge on any atom is 0.126 e. The summed E-state index contributed by atoms with van der Waals surface area (Å²) < 4.78 is 0. The lowest BCUT2D eigenvalue weighted by Crippen LogP contribution is -2.17. The molecule has 1 aromatic rings. The van der Waals surface area contributed by atoms with Gasteiger partial charge < -0.3 is 10.4 Å². The molecule has 0 saturated heterocycles. The normalized spacial score (nSPS) is 12.5. The van der Waals surface area contributed by atoms with E-state index in [2.05, 4.69) is 10.3 Å². The van der Waals surface area contributed by atoms with Gasteiger partial charge in [-0.3, -0.25) is 0 Å². The van der Waals surface area contributed by atoms with Crippen molar-refractivity contribution >= 4 is 5.82 Å². The second-order valence-corrected chi connectivity index (χ2v) is 2.77. The number of hydrogen-bond donors (Lipinski definition) is 2. The average Bonchev–Trinajstić information content (AvgIpc) is 2.06. The van der Waals surface area contributed by atoms with Crippen molar-refractivity contribution in [2.24, 2.45) is 0 Å². The van der Waals surface area contributed by atoms with Gasteiger partial charge in [0.15, 0.2) is 0 Å². The number of nitrogens with one attached hydrogen (secondary N) is 1. The summed E-state index contributed by atoms with van der Waals surface area (Å²) in [5.74, 6) is 0.860. The largest absolute Gasteiger partial charge is 0.396 e. The molecule has 0 aliphatic carbocycles. The van der Waals surface area contributed by atoms with Crippen LogP contribution in [-0.4, -0.2) is 22.7 Å². The summed E-state index contributed by atoms with van der Waals surface area (Å²) >= 11 is 0. The molecule has 0 unspecified atom stereocenters. The number of aliphatic hydroxyl groups excluding tert-OH is 1. The summed E-state index contributed by atoms with van der Waals surface area (Å²) in [6.07, 6.45) is 2.49.